The van der Waals surface area contributed by atoms with Crippen LogP contribution < -0.4 is 5.32 Å². The van der Waals surface area contributed by atoms with E-state index in [-0.39, 0.29) is 5.60 Å². The minimum Gasteiger partial charge on any atom is -0.372 e. The summed E-state index contributed by atoms with van der Waals surface area (Å²) in [5.41, 5.74) is 0.132. The number of ether oxygens (including phenoxy) is 1. The highest BCUT2D eigenvalue weighted by atomic mass is 16.5. The number of morpholine rings is 1. The fraction of sp³-hybridized carbons (Fsp3) is 1.00. The smallest absolute Gasteiger partial charge is 0.0859 e. The van der Waals surface area contributed by atoms with Gasteiger partial charge in [0.2, 0.25) is 0 Å². The van der Waals surface area contributed by atoms with E-state index in [9.17, 15) is 0 Å². The molecule has 0 aromatic heterocycles. The summed E-state index contributed by atoms with van der Waals surface area (Å²) in [5.74, 6) is 0.797. The lowest BCUT2D eigenvalue weighted by atomic mass is 9.78. The van der Waals surface area contributed by atoms with E-state index in [1.807, 2.05) is 0 Å². The van der Waals surface area contributed by atoms with Crippen LogP contribution in [-0.2, 0) is 4.74 Å². The number of nitrogens with one attached hydrogen (secondary N) is 1. The van der Waals surface area contributed by atoms with E-state index < -0.39 is 0 Å². The lowest BCUT2D eigenvalue weighted by Crippen LogP contribution is -2.62. The van der Waals surface area contributed by atoms with Crippen LogP contribution in [-0.4, -0.2) is 49.3 Å². The van der Waals surface area contributed by atoms with Gasteiger partial charge in [-0.2, -0.15) is 0 Å². The molecular formula is C15H30N2O. The monoisotopic (exact) mass is 254 g/mol. The van der Waals surface area contributed by atoms with Gasteiger partial charge in [0.15, 0.2) is 0 Å². The number of hydrogen-bond acceptors (Lipinski definition) is 3. The molecule has 0 aromatic carbocycles. The Labute approximate surface area is 112 Å². The highest BCUT2D eigenvalue weighted by molar-refractivity contribution is 4.99. The van der Waals surface area contributed by atoms with E-state index in [0.29, 0.717) is 6.04 Å². The summed E-state index contributed by atoms with van der Waals surface area (Å²) in [6.45, 7) is 12.4. The van der Waals surface area contributed by atoms with E-state index in [0.717, 1.165) is 19.1 Å². The summed E-state index contributed by atoms with van der Waals surface area (Å²) in [5, 5.41) is 3.73. The van der Waals surface area contributed by atoms with Crippen LogP contribution in [0.5, 0.6) is 0 Å². The molecule has 2 atom stereocenters. The molecule has 0 radical (unpaired) electrons. The number of rotatable bonds is 4. The first-order chi connectivity index (χ1) is 8.70. The Hall–Kier alpha value is -0.120. The van der Waals surface area contributed by atoms with Crippen molar-refractivity contribution in [2.75, 3.05) is 32.8 Å². The van der Waals surface area contributed by atoms with Crippen molar-refractivity contribution in [1.82, 2.24) is 10.2 Å². The van der Waals surface area contributed by atoms with Gasteiger partial charge in [-0.05, 0) is 31.7 Å². The normalized spacial score (nSPS) is 30.5. The molecule has 0 amide bonds. The van der Waals surface area contributed by atoms with Gasteiger partial charge >= 0.3 is 0 Å². The summed E-state index contributed by atoms with van der Waals surface area (Å²) in [6, 6.07) is 0.570. The highest BCUT2D eigenvalue weighted by Gasteiger charge is 2.44. The first kappa shape index (κ1) is 14.3. The molecule has 3 heteroatoms. The summed E-state index contributed by atoms with van der Waals surface area (Å²) in [6.07, 6.45) is 4.95. The molecule has 2 rings (SSSR count). The van der Waals surface area contributed by atoms with Crippen molar-refractivity contribution in [3.8, 4) is 0 Å². The van der Waals surface area contributed by atoms with E-state index in [1.54, 1.807) is 0 Å². The Kier molecular flexibility index (Phi) is 5.05. The molecule has 0 aromatic rings. The lowest BCUT2D eigenvalue weighted by molar-refractivity contribution is -0.131. The molecule has 2 unspecified atom stereocenters. The minimum atomic E-state index is 0.132. The van der Waals surface area contributed by atoms with Gasteiger partial charge in [-0.1, -0.05) is 27.2 Å². The Bertz CT molecular complexity index is 249. The zero-order valence-electron chi connectivity index (χ0n) is 12.4. The summed E-state index contributed by atoms with van der Waals surface area (Å²) in [4.78, 5) is 2.55. The molecule has 2 heterocycles. The second-order valence-electron chi connectivity index (χ2n) is 6.10. The van der Waals surface area contributed by atoms with E-state index in [2.05, 4.69) is 31.0 Å². The molecule has 18 heavy (non-hydrogen) atoms. The maximum Gasteiger partial charge on any atom is 0.0859 e. The molecule has 0 saturated carbocycles. The lowest BCUT2D eigenvalue weighted by Gasteiger charge is -2.49. The van der Waals surface area contributed by atoms with Crippen LogP contribution in [0.1, 0.15) is 46.5 Å². The maximum atomic E-state index is 6.27. The van der Waals surface area contributed by atoms with Crippen molar-refractivity contribution in [2.24, 2.45) is 5.92 Å². The van der Waals surface area contributed by atoms with Crippen molar-refractivity contribution < 1.29 is 4.74 Å². The molecule has 0 bridgehead atoms. The first-order valence-corrected chi connectivity index (χ1v) is 7.80. The highest BCUT2D eigenvalue weighted by Crippen LogP contribution is 2.34. The Morgan fingerprint density at radius 2 is 2.06 bits per heavy atom. The molecule has 2 saturated heterocycles. The molecule has 2 aliphatic rings. The topological polar surface area (TPSA) is 24.5 Å². The van der Waals surface area contributed by atoms with Gasteiger partial charge in [-0.3, -0.25) is 0 Å². The molecular weight excluding hydrogens is 224 g/mol. The predicted molar refractivity (Wildman–Crippen MR) is 75.9 cm³/mol. The zero-order chi connectivity index (χ0) is 13.0. The maximum absolute atomic E-state index is 6.27. The molecule has 0 aliphatic carbocycles. The molecule has 1 spiro atoms. The van der Waals surface area contributed by atoms with Gasteiger partial charge in [-0.15, -0.1) is 0 Å². The number of nitrogens with zero attached hydrogens (tertiary/aromatic N) is 1. The third-order valence-corrected chi connectivity index (χ3v) is 5.00. The number of piperidine rings is 1. The predicted octanol–water partition coefficient (Wildman–Crippen LogP) is 2.27. The summed E-state index contributed by atoms with van der Waals surface area (Å²) >= 11 is 0. The third kappa shape index (κ3) is 3.06. The Balaban J connectivity index is 1.98. The molecule has 1 N–H and O–H groups in total. The van der Waals surface area contributed by atoms with Crippen molar-refractivity contribution in [2.45, 2.75) is 58.1 Å². The van der Waals surface area contributed by atoms with Crippen molar-refractivity contribution in [3.05, 3.63) is 0 Å². The van der Waals surface area contributed by atoms with Crippen LogP contribution in [0, 0.1) is 5.92 Å². The standard InChI is InChI=1S/C15H30N2O/c1-4-13(3)12-14-15(18-11-8-16-14)6-9-17(5-2)10-7-15/h13-14,16H,4-12H2,1-3H3. The summed E-state index contributed by atoms with van der Waals surface area (Å²) in [7, 11) is 0. The minimum absolute atomic E-state index is 0.132. The average Bonchev–Trinajstić information content (AvgIpc) is 2.42. The molecule has 3 nitrogen and oxygen atoms in total. The molecule has 106 valence electrons. The SMILES string of the molecule is CCC(C)CC1NCCOC12CCN(CC)CC2. The van der Waals surface area contributed by atoms with Gasteiger partial charge in [0.1, 0.15) is 0 Å². The number of hydrogen-bond donors (Lipinski definition) is 1. The summed E-state index contributed by atoms with van der Waals surface area (Å²) < 4.78 is 6.27. The second-order valence-corrected chi connectivity index (χ2v) is 6.10. The van der Waals surface area contributed by atoms with Gasteiger partial charge in [0.05, 0.1) is 12.2 Å². The number of likely N-dealkylation sites (tertiary alicyclic amines) is 1. The first-order valence-electron chi connectivity index (χ1n) is 7.80. The fourth-order valence-corrected chi connectivity index (χ4v) is 3.38. The fourth-order valence-electron chi connectivity index (χ4n) is 3.38. The average molecular weight is 254 g/mol. The van der Waals surface area contributed by atoms with Crippen molar-refractivity contribution in [1.29, 1.82) is 0 Å². The second kappa shape index (κ2) is 6.36. The zero-order valence-corrected chi connectivity index (χ0v) is 12.4. The third-order valence-electron chi connectivity index (χ3n) is 5.00. The van der Waals surface area contributed by atoms with Gasteiger partial charge in [0.25, 0.3) is 0 Å². The largest absolute Gasteiger partial charge is 0.372 e. The van der Waals surface area contributed by atoms with Crippen LogP contribution in [0.2, 0.25) is 0 Å². The Morgan fingerprint density at radius 1 is 1.33 bits per heavy atom. The Morgan fingerprint density at radius 3 is 2.67 bits per heavy atom. The van der Waals surface area contributed by atoms with E-state index in [1.165, 1.54) is 45.3 Å². The van der Waals surface area contributed by atoms with Crippen LogP contribution >= 0.6 is 0 Å². The van der Waals surface area contributed by atoms with Crippen LogP contribution in [0.3, 0.4) is 0 Å². The van der Waals surface area contributed by atoms with Gasteiger partial charge in [-0.25, -0.2) is 0 Å². The van der Waals surface area contributed by atoms with Crippen LogP contribution in [0.4, 0.5) is 0 Å². The van der Waals surface area contributed by atoms with E-state index >= 15 is 0 Å². The van der Waals surface area contributed by atoms with Gasteiger partial charge < -0.3 is 15.0 Å². The quantitative estimate of drug-likeness (QED) is 0.833. The van der Waals surface area contributed by atoms with Crippen LogP contribution in [0.15, 0.2) is 0 Å². The molecule has 2 fully saturated rings. The van der Waals surface area contributed by atoms with E-state index in [4.69, 9.17) is 4.74 Å². The molecule has 2 aliphatic heterocycles. The van der Waals surface area contributed by atoms with Crippen molar-refractivity contribution in [3.63, 3.8) is 0 Å². The van der Waals surface area contributed by atoms with Crippen molar-refractivity contribution >= 4 is 0 Å². The van der Waals surface area contributed by atoms with Gasteiger partial charge in [0, 0.05) is 25.7 Å². The van der Waals surface area contributed by atoms with Crippen LogP contribution in [0.25, 0.3) is 0 Å².